The maximum absolute atomic E-state index is 12.2. The highest BCUT2D eigenvalue weighted by Gasteiger charge is 2.15. The highest BCUT2D eigenvalue weighted by Crippen LogP contribution is 2.12. The Kier molecular flexibility index (Phi) is 8.57. The van der Waals surface area contributed by atoms with Crippen molar-refractivity contribution in [1.82, 2.24) is 10.6 Å². The predicted molar refractivity (Wildman–Crippen MR) is 121 cm³/mol. The summed E-state index contributed by atoms with van der Waals surface area (Å²) in [7, 11) is 1.57. The Hall–Kier alpha value is -3.39. The normalized spacial score (nSPS) is 10.8. The van der Waals surface area contributed by atoms with E-state index >= 15 is 0 Å². The number of hydrogen-bond acceptors (Lipinski definition) is 5. The van der Waals surface area contributed by atoms with Crippen molar-refractivity contribution in [2.45, 2.75) is 26.3 Å². The molecule has 0 saturated heterocycles. The first kappa shape index (κ1) is 23.9. The van der Waals surface area contributed by atoms with E-state index in [1.807, 2.05) is 20.8 Å². The van der Waals surface area contributed by atoms with Gasteiger partial charge in [0, 0.05) is 41.7 Å². The SMILES string of the molecule is COCCNC(=O)c1ccc(NC(=O)CNc2ccc(C(=O)NC(C)(C)C)cc2)cc1. The predicted octanol–water partition coefficient (Wildman–Crippen LogP) is 2.64. The van der Waals surface area contributed by atoms with Crippen molar-refractivity contribution in [3.8, 4) is 0 Å². The molecular formula is C23H30N4O4. The molecule has 0 saturated carbocycles. The van der Waals surface area contributed by atoms with Crippen LogP contribution < -0.4 is 21.3 Å². The maximum atomic E-state index is 12.2. The molecule has 0 heterocycles. The van der Waals surface area contributed by atoms with Crippen molar-refractivity contribution in [3.63, 3.8) is 0 Å². The van der Waals surface area contributed by atoms with Crippen LogP contribution in [0.15, 0.2) is 48.5 Å². The lowest BCUT2D eigenvalue weighted by Crippen LogP contribution is -2.40. The minimum atomic E-state index is -0.307. The molecule has 0 atom stereocenters. The van der Waals surface area contributed by atoms with E-state index in [4.69, 9.17) is 4.74 Å². The van der Waals surface area contributed by atoms with Crippen molar-refractivity contribution in [3.05, 3.63) is 59.7 Å². The molecule has 0 fully saturated rings. The zero-order valence-electron chi connectivity index (χ0n) is 18.4. The van der Waals surface area contributed by atoms with Gasteiger partial charge in [-0.2, -0.15) is 0 Å². The van der Waals surface area contributed by atoms with Gasteiger partial charge in [0.2, 0.25) is 5.91 Å². The summed E-state index contributed by atoms with van der Waals surface area (Å²) >= 11 is 0. The average Bonchev–Trinajstić information content (AvgIpc) is 2.72. The van der Waals surface area contributed by atoms with Crippen LogP contribution in [-0.2, 0) is 9.53 Å². The Morgan fingerprint density at radius 2 is 1.39 bits per heavy atom. The zero-order chi connectivity index (χ0) is 22.9. The monoisotopic (exact) mass is 426 g/mol. The number of rotatable bonds is 9. The molecule has 0 aliphatic rings. The Morgan fingerprint density at radius 1 is 0.839 bits per heavy atom. The van der Waals surface area contributed by atoms with E-state index in [2.05, 4.69) is 21.3 Å². The molecular weight excluding hydrogens is 396 g/mol. The number of amides is 3. The van der Waals surface area contributed by atoms with E-state index < -0.39 is 0 Å². The van der Waals surface area contributed by atoms with Crippen molar-refractivity contribution in [2.75, 3.05) is 37.4 Å². The largest absolute Gasteiger partial charge is 0.383 e. The van der Waals surface area contributed by atoms with E-state index in [1.165, 1.54) is 0 Å². The van der Waals surface area contributed by atoms with Crippen molar-refractivity contribution in [2.24, 2.45) is 0 Å². The highest BCUT2D eigenvalue weighted by molar-refractivity contribution is 5.97. The smallest absolute Gasteiger partial charge is 0.251 e. The molecule has 4 N–H and O–H groups in total. The first-order valence-corrected chi connectivity index (χ1v) is 10.0. The molecule has 31 heavy (non-hydrogen) atoms. The third kappa shape index (κ3) is 8.47. The highest BCUT2D eigenvalue weighted by atomic mass is 16.5. The second kappa shape index (κ2) is 11.1. The topological polar surface area (TPSA) is 109 Å². The molecule has 0 aliphatic heterocycles. The van der Waals surface area contributed by atoms with Gasteiger partial charge >= 0.3 is 0 Å². The summed E-state index contributed by atoms with van der Waals surface area (Å²) in [6.45, 7) is 6.70. The van der Waals surface area contributed by atoms with E-state index in [9.17, 15) is 14.4 Å². The van der Waals surface area contributed by atoms with E-state index in [1.54, 1.807) is 55.6 Å². The first-order chi connectivity index (χ1) is 14.7. The molecule has 0 bridgehead atoms. The molecule has 0 aromatic heterocycles. The average molecular weight is 427 g/mol. The third-order valence-electron chi connectivity index (χ3n) is 4.11. The Bertz CT molecular complexity index is 887. The standard InChI is InChI=1S/C23H30N4O4/c1-23(2,3)27-22(30)17-5-9-18(10-6-17)25-15-20(28)26-19-11-7-16(8-12-19)21(29)24-13-14-31-4/h5-12,25H,13-15H2,1-4H3,(H,24,29)(H,26,28)(H,27,30). The van der Waals surface area contributed by atoms with Gasteiger partial charge in [-0.05, 0) is 69.3 Å². The fourth-order valence-electron chi connectivity index (χ4n) is 2.61. The van der Waals surface area contributed by atoms with Crippen LogP contribution in [0.25, 0.3) is 0 Å². The van der Waals surface area contributed by atoms with Gasteiger partial charge in [0.05, 0.1) is 13.2 Å². The molecule has 2 rings (SSSR count). The number of hydrogen-bond donors (Lipinski definition) is 4. The van der Waals surface area contributed by atoms with Gasteiger partial charge in [-0.1, -0.05) is 0 Å². The summed E-state index contributed by atoms with van der Waals surface area (Å²) in [5.41, 5.74) is 2.07. The molecule has 2 aromatic carbocycles. The van der Waals surface area contributed by atoms with E-state index in [0.717, 1.165) is 5.69 Å². The van der Waals surface area contributed by atoms with Crippen LogP contribution in [0, 0.1) is 0 Å². The maximum Gasteiger partial charge on any atom is 0.251 e. The molecule has 0 unspecified atom stereocenters. The van der Waals surface area contributed by atoms with E-state index in [-0.39, 0.29) is 29.8 Å². The second-order valence-corrected chi connectivity index (χ2v) is 8.01. The van der Waals surface area contributed by atoms with Crippen LogP contribution >= 0.6 is 0 Å². The molecule has 8 nitrogen and oxygen atoms in total. The molecule has 0 spiro atoms. The molecule has 2 aromatic rings. The van der Waals surface area contributed by atoms with Gasteiger partial charge in [-0.15, -0.1) is 0 Å². The number of carbonyl (C=O) groups excluding carboxylic acids is 3. The molecule has 0 aliphatic carbocycles. The van der Waals surface area contributed by atoms with Gasteiger partial charge in [-0.3, -0.25) is 14.4 Å². The minimum absolute atomic E-state index is 0.0623. The van der Waals surface area contributed by atoms with Crippen molar-refractivity contribution in [1.29, 1.82) is 0 Å². The fourth-order valence-corrected chi connectivity index (χ4v) is 2.61. The third-order valence-corrected chi connectivity index (χ3v) is 4.11. The zero-order valence-corrected chi connectivity index (χ0v) is 18.4. The number of nitrogens with one attached hydrogen (secondary N) is 4. The minimum Gasteiger partial charge on any atom is -0.383 e. The van der Waals surface area contributed by atoms with Crippen LogP contribution in [0.4, 0.5) is 11.4 Å². The van der Waals surface area contributed by atoms with Crippen LogP contribution in [-0.4, -0.2) is 50.1 Å². The van der Waals surface area contributed by atoms with Crippen LogP contribution in [0.3, 0.4) is 0 Å². The van der Waals surface area contributed by atoms with Gasteiger partial charge in [0.25, 0.3) is 11.8 Å². The van der Waals surface area contributed by atoms with Crippen LogP contribution in [0.5, 0.6) is 0 Å². The summed E-state index contributed by atoms with van der Waals surface area (Å²) in [6.07, 6.45) is 0. The fraction of sp³-hybridized carbons (Fsp3) is 0.348. The lowest BCUT2D eigenvalue weighted by Gasteiger charge is -2.20. The molecule has 166 valence electrons. The summed E-state index contributed by atoms with van der Waals surface area (Å²) in [4.78, 5) is 36.3. The molecule has 8 heteroatoms. The lowest BCUT2D eigenvalue weighted by atomic mass is 10.1. The van der Waals surface area contributed by atoms with Crippen molar-refractivity contribution < 1.29 is 19.1 Å². The van der Waals surface area contributed by atoms with Gasteiger partial charge in [0.15, 0.2) is 0 Å². The Balaban J connectivity index is 1.81. The number of ether oxygens (including phenoxy) is 1. The van der Waals surface area contributed by atoms with Crippen LogP contribution in [0.2, 0.25) is 0 Å². The molecule has 3 amide bonds. The Morgan fingerprint density at radius 3 is 1.94 bits per heavy atom. The first-order valence-electron chi connectivity index (χ1n) is 10.0. The summed E-state index contributed by atoms with van der Waals surface area (Å²) in [5.74, 6) is -0.573. The van der Waals surface area contributed by atoms with E-state index in [0.29, 0.717) is 30.0 Å². The lowest BCUT2D eigenvalue weighted by molar-refractivity contribution is -0.114. The quantitative estimate of drug-likeness (QED) is 0.461. The number of benzene rings is 2. The Labute approximate surface area is 182 Å². The van der Waals surface area contributed by atoms with Gasteiger partial charge in [-0.25, -0.2) is 0 Å². The number of methoxy groups -OCH3 is 1. The second-order valence-electron chi connectivity index (χ2n) is 8.01. The van der Waals surface area contributed by atoms with Crippen LogP contribution in [0.1, 0.15) is 41.5 Å². The summed E-state index contributed by atoms with van der Waals surface area (Å²) in [5, 5.41) is 11.4. The summed E-state index contributed by atoms with van der Waals surface area (Å²) in [6, 6.07) is 13.6. The van der Waals surface area contributed by atoms with Crippen molar-refractivity contribution >= 4 is 29.1 Å². The van der Waals surface area contributed by atoms with Gasteiger partial charge in [0.1, 0.15) is 0 Å². The number of carbonyl (C=O) groups is 3. The molecule has 0 radical (unpaired) electrons. The van der Waals surface area contributed by atoms with Gasteiger partial charge < -0.3 is 26.0 Å². The summed E-state index contributed by atoms with van der Waals surface area (Å²) < 4.78 is 4.89. The number of anilines is 2.